The van der Waals surface area contributed by atoms with Gasteiger partial charge in [0.05, 0.1) is 12.1 Å². The lowest BCUT2D eigenvalue weighted by atomic mass is 9.95. The Morgan fingerprint density at radius 1 is 1.35 bits per heavy atom. The molecular weight excluding hydrogens is 254 g/mol. The number of rotatable bonds is 5. The molecular formula is C14H25N5O. The second kappa shape index (κ2) is 6.83. The van der Waals surface area contributed by atoms with E-state index in [2.05, 4.69) is 20.8 Å². The number of carbonyl (C=O) groups excluding carboxylic acids is 1. The largest absolute Gasteiger partial charge is 0.352 e. The van der Waals surface area contributed by atoms with Gasteiger partial charge in [0.15, 0.2) is 0 Å². The van der Waals surface area contributed by atoms with Gasteiger partial charge in [-0.15, -0.1) is 10.2 Å². The molecule has 0 radical (unpaired) electrons. The molecule has 0 saturated heterocycles. The molecule has 1 heterocycles. The first-order valence-electron chi connectivity index (χ1n) is 7.48. The third kappa shape index (κ3) is 3.79. The molecule has 6 heteroatoms. The third-order valence-electron chi connectivity index (χ3n) is 3.98. The summed E-state index contributed by atoms with van der Waals surface area (Å²) in [5.41, 5.74) is 0. The molecule has 1 aliphatic carbocycles. The quantitative estimate of drug-likeness (QED) is 0.852. The highest BCUT2D eigenvalue weighted by molar-refractivity contribution is 5.81. The van der Waals surface area contributed by atoms with E-state index < -0.39 is 0 Å². The first kappa shape index (κ1) is 15.0. The molecule has 0 aliphatic heterocycles. The molecule has 1 amide bonds. The van der Waals surface area contributed by atoms with Crippen LogP contribution in [0.4, 0.5) is 0 Å². The Morgan fingerprint density at radius 3 is 2.65 bits per heavy atom. The smallest absolute Gasteiger partial charge is 0.237 e. The van der Waals surface area contributed by atoms with Crippen LogP contribution in [0.15, 0.2) is 6.33 Å². The predicted molar refractivity (Wildman–Crippen MR) is 77.0 cm³/mol. The summed E-state index contributed by atoms with van der Waals surface area (Å²) >= 11 is 0. The Labute approximate surface area is 120 Å². The van der Waals surface area contributed by atoms with E-state index in [4.69, 9.17) is 0 Å². The fourth-order valence-corrected chi connectivity index (χ4v) is 2.78. The molecule has 112 valence electrons. The fourth-order valence-electron chi connectivity index (χ4n) is 2.78. The molecule has 2 rings (SSSR count). The van der Waals surface area contributed by atoms with Crippen LogP contribution < -0.4 is 10.6 Å². The Bertz CT molecular complexity index is 439. The zero-order valence-electron chi connectivity index (χ0n) is 12.6. The van der Waals surface area contributed by atoms with E-state index in [0.29, 0.717) is 6.04 Å². The lowest BCUT2D eigenvalue weighted by molar-refractivity contribution is -0.123. The predicted octanol–water partition coefficient (Wildman–Crippen LogP) is 1.30. The molecule has 0 spiro atoms. The van der Waals surface area contributed by atoms with Crippen molar-refractivity contribution in [1.82, 2.24) is 25.4 Å². The summed E-state index contributed by atoms with van der Waals surface area (Å²) in [6, 6.07) is 0.115. The molecule has 1 aromatic rings. The minimum Gasteiger partial charge on any atom is -0.352 e. The molecule has 20 heavy (non-hydrogen) atoms. The zero-order valence-corrected chi connectivity index (χ0v) is 12.6. The summed E-state index contributed by atoms with van der Waals surface area (Å²) in [5, 5.41) is 14.3. The van der Waals surface area contributed by atoms with Gasteiger partial charge in [0.25, 0.3) is 0 Å². The van der Waals surface area contributed by atoms with Crippen molar-refractivity contribution in [2.24, 2.45) is 7.05 Å². The Morgan fingerprint density at radius 2 is 2.05 bits per heavy atom. The van der Waals surface area contributed by atoms with Crippen molar-refractivity contribution in [2.75, 3.05) is 0 Å². The first-order valence-corrected chi connectivity index (χ1v) is 7.48. The van der Waals surface area contributed by atoms with Gasteiger partial charge in [-0.25, -0.2) is 0 Å². The minimum atomic E-state index is -0.233. The summed E-state index contributed by atoms with van der Waals surface area (Å²) < 4.78 is 1.86. The maximum Gasteiger partial charge on any atom is 0.237 e. The molecule has 2 atom stereocenters. The molecule has 2 unspecified atom stereocenters. The number of aromatic nitrogens is 3. The Hall–Kier alpha value is -1.43. The number of hydrogen-bond donors (Lipinski definition) is 2. The minimum absolute atomic E-state index is 0.00499. The third-order valence-corrected chi connectivity index (χ3v) is 3.98. The van der Waals surface area contributed by atoms with Gasteiger partial charge in [-0.1, -0.05) is 19.3 Å². The highest BCUT2D eigenvalue weighted by atomic mass is 16.2. The summed E-state index contributed by atoms with van der Waals surface area (Å²) in [7, 11) is 1.90. The maximum atomic E-state index is 12.2. The zero-order chi connectivity index (χ0) is 14.5. The topological polar surface area (TPSA) is 71.8 Å². The van der Waals surface area contributed by atoms with E-state index in [-0.39, 0.29) is 18.0 Å². The van der Waals surface area contributed by atoms with Crippen molar-refractivity contribution in [2.45, 2.75) is 64.1 Å². The summed E-state index contributed by atoms with van der Waals surface area (Å²) in [6.07, 6.45) is 7.63. The number of carbonyl (C=O) groups is 1. The lowest BCUT2D eigenvalue weighted by Crippen LogP contribution is -2.47. The second-order valence-electron chi connectivity index (χ2n) is 5.75. The average Bonchev–Trinajstić information content (AvgIpc) is 2.86. The summed E-state index contributed by atoms with van der Waals surface area (Å²) in [5.74, 6) is 0.910. The van der Waals surface area contributed by atoms with Crippen LogP contribution in [-0.2, 0) is 11.8 Å². The van der Waals surface area contributed by atoms with Gasteiger partial charge in [0.1, 0.15) is 12.2 Å². The van der Waals surface area contributed by atoms with E-state index in [1.54, 1.807) is 6.33 Å². The maximum absolute atomic E-state index is 12.2. The van der Waals surface area contributed by atoms with Gasteiger partial charge in [-0.2, -0.15) is 0 Å². The van der Waals surface area contributed by atoms with Crippen LogP contribution in [0.3, 0.4) is 0 Å². The van der Waals surface area contributed by atoms with Crippen molar-refractivity contribution < 1.29 is 4.79 Å². The van der Waals surface area contributed by atoms with Crippen LogP contribution in [0, 0.1) is 0 Å². The first-order chi connectivity index (χ1) is 9.58. The van der Waals surface area contributed by atoms with Gasteiger partial charge < -0.3 is 9.88 Å². The highest BCUT2D eigenvalue weighted by Gasteiger charge is 2.22. The average molecular weight is 279 g/mol. The number of nitrogens with one attached hydrogen (secondary N) is 2. The van der Waals surface area contributed by atoms with Crippen molar-refractivity contribution in [3.8, 4) is 0 Å². The van der Waals surface area contributed by atoms with Crippen molar-refractivity contribution in [3.05, 3.63) is 12.2 Å². The van der Waals surface area contributed by atoms with E-state index in [1.807, 2.05) is 25.5 Å². The molecule has 6 nitrogen and oxygen atoms in total. The molecule has 1 fully saturated rings. The summed E-state index contributed by atoms with van der Waals surface area (Å²) in [6.45, 7) is 3.89. The van der Waals surface area contributed by atoms with E-state index in [0.717, 1.165) is 18.7 Å². The monoisotopic (exact) mass is 279 g/mol. The number of hydrogen-bond acceptors (Lipinski definition) is 4. The highest BCUT2D eigenvalue weighted by Crippen LogP contribution is 2.17. The van der Waals surface area contributed by atoms with E-state index >= 15 is 0 Å². The molecule has 2 N–H and O–H groups in total. The molecule has 1 aliphatic rings. The Kier molecular flexibility index (Phi) is 5.11. The SMILES string of the molecule is CC(NC(C)c1nncn1C)C(=O)NC1CCCCC1. The molecule has 1 aromatic heterocycles. The van der Waals surface area contributed by atoms with Gasteiger partial charge in [-0.3, -0.25) is 10.1 Å². The Balaban J connectivity index is 1.82. The lowest BCUT2D eigenvalue weighted by Gasteiger charge is -2.25. The van der Waals surface area contributed by atoms with Crippen molar-refractivity contribution >= 4 is 5.91 Å². The normalized spacial score (nSPS) is 19.6. The van der Waals surface area contributed by atoms with Gasteiger partial charge >= 0.3 is 0 Å². The van der Waals surface area contributed by atoms with Crippen LogP contribution in [-0.4, -0.2) is 32.8 Å². The number of nitrogens with zero attached hydrogens (tertiary/aromatic N) is 3. The van der Waals surface area contributed by atoms with Crippen LogP contribution in [0.5, 0.6) is 0 Å². The van der Waals surface area contributed by atoms with Crippen LogP contribution >= 0.6 is 0 Å². The standard InChI is InChI=1S/C14H25N5O/c1-10(13-18-15-9-19(13)3)16-11(2)14(20)17-12-7-5-4-6-8-12/h9-12,16H,4-8H2,1-3H3,(H,17,20). The van der Waals surface area contributed by atoms with Crippen molar-refractivity contribution in [3.63, 3.8) is 0 Å². The second-order valence-corrected chi connectivity index (χ2v) is 5.75. The van der Waals surface area contributed by atoms with Gasteiger partial charge in [0, 0.05) is 13.1 Å². The molecule has 1 saturated carbocycles. The van der Waals surface area contributed by atoms with E-state index in [9.17, 15) is 4.79 Å². The van der Waals surface area contributed by atoms with E-state index in [1.165, 1.54) is 19.3 Å². The van der Waals surface area contributed by atoms with Gasteiger partial charge in [-0.05, 0) is 26.7 Å². The van der Waals surface area contributed by atoms with Crippen LogP contribution in [0.2, 0.25) is 0 Å². The van der Waals surface area contributed by atoms with Crippen molar-refractivity contribution in [1.29, 1.82) is 0 Å². The van der Waals surface area contributed by atoms with Gasteiger partial charge in [0.2, 0.25) is 5.91 Å². The van der Waals surface area contributed by atoms with Crippen LogP contribution in [0.1, 0.15) is 57.8 Å². The number of aryl methyl sites for hydroxylation is 1. The summed E-state index contributed by atoms with van der Waals surface area (Å²) in [4.78, 5) is 12.2. The fraction of sp³-hybridized carbons (Fsp3) is 0.786. The molecule has 0 bridgehead atoms. The van der Waals surface area contributed by atoms with Crippen LogP contribution in [0.25, 0.3) is 0 Å². The number of amides is 1. The molecule has 0 aromatic carbocycles.